The normalized spacial score (nSPS) is 11.5. The highest BCUT2D eigenvalue weighted by Crippen LogP contribution is 2.33. The van der Waals surface area contributed by atoms with E-state index in [1.54, 1.807) is 17.1 Å². The van der Waals surface area contributed by atoms with Crippen molar-refractivity contribution in [2.45, 2.75) is 166 Å². The highest BCUT2D eigenvalue weighted by Gasteiger charge is 2.21. The molecule has 0 aliphatic heterocycles. The molecule has 0 saturated carbocycles. The van der Waals surface area contributed by atoms with Gasteiger partial charge in [-0.2, -0.15) is 35.5 Å². The van der Waals surface area contributed by atoms with Crippen molar-refractivity contribution in [1.29, 1.82) is 5.26 Å². The van der Waals surface area contributed by atoms with E-state index in [0.29, 0.717) is 53.2 Å². The van der Waals surface area contributed by atoms with Crippen LogP contribution in [0.3, 0.4) is 0 Å². The van der Waals surface area contributed by atoms with E-state index in [1.165, 1.54) is 16.7 Å². The second-order valence-electron chi connectivity index (χ2n) is 24.3. The van der Waals surface area contributed by atoms with Crippen molar-refractivity contribution in [3.8, 4) is 6.07 Å². The molecule has 0 aromatic carbocycles. The SMILES string of the molecule is C[Si](C)(C)C.Cc1nn(C)c2c(C(C)C)c(Cl)cnc12.Cc1nn(C)c2c(C(C)C)cc(C#N)nc12.Cc1nn(C)c2c(C(C)C)cc(CN)nc12.Cc1nn(C)c2c(C(C)C)cc(NN)nc12.Cc1nn(C)c2c(C(C)C)cc[n+]([O-])c12. The molecular formula is C61H90ClN19OSi. The van der Waals surface area contributed by atoms with E-state index < -0.39 is 8.07 Å². The molecule has 20 nitrogen and oxygen atoms in total. The first-order chi connectivity index (χ1) is 38.7. The number of hydrazine groups is 1. The maximum atomic E-state index is 11.7. The number of hydrogen-bond donors (Lipinski definition) is 3. The first-order valence-electron chi connectivity index (χ1n) is 28.3. The molecule has 0 fully saturated rings. The quantitative estimate of drug-likeness (QED) is 0.0441. The minimum absolute atomic E-state index is 0.354. The van der Waals surface area contributed by atoms with Gasteiger partial charge < -0.3 is 16.4 Å². The number of fused-ring (bicyclic) bond motifs is 5. The minimum Gasteiger partial charge on any atom is -0.618 e. The third-order valence-corrected chi connectivity index (χ3v) is 13.9. The van der Waals surface area contributed by atoms with Crippen molar-refractivity contribution in [3.63, 3.8) is 0 Å². The predicted molar refractivity (Wildman–Crippen MR) is 342 cm³/mol. The van der Waals surface area contributed by atoms with E-state index in [2.05, 4.69) is 158 Å². The van der Waals surface area contributed by atoms with Gasteiger partial charge in [-0.1, -0.05) is 107 Å². The van der Waals surface area contributed by atoms with E-state index in [4.69, 9.17) is 28.4 Å². The summed E-state index contributed by atoms with van der Waals surface area (Å²) < 4.78 is 10.2. The Kier molecular flexibility index (Phi) is 21.9. The van der Waals surface area contributed by atoms with Crippen molar-refractivity contribution in [3.05, 3.63) is 115 Å². The first-order valence-corrected chi connectivity index (χ1v) is 32.7. The maximum absolute atomic E-state index is 11.7. The molecule has 0 spiro atoms. The number of rotatable bonds is 7. The Bertz CT molecular complexity index is 3830. The van der Waals surface area contributed by atoms with Gasteiger partial charge in [0.05, 0.1) is 55.6 Å². The molecule has 0 saturated heterocycles. The van der Waals surface area contributed by atoms with Crippen LogP contribution in [0.25, 0.3) is 55.2 Å². The molecule has 10 aromatic rings. The summed E-state index contributed by atoms with van der Waals surface area (Å²) in [5, 5.41) is 43.2. The van der Waals surface area contributed by atoms with Gasteiger partial charge in [0.1, 0.15) is 50.9 Å². The number of nitrogen functional groups attached to an aromatic ring is 1. The smallest absolute Gasteiger partial charge is 0.265 e. The van der Waals surface area contributed by atoms with Gasteiger partial charge in [0.15, 0.2) is 6.20 Å². The zero-order valence-corrected chi connectivity index (χ0v) is 55.4. The molecule has 0 atom stereocenters. The number of nitriles is 1. The summed E-state index contributed by atoms with van der Waals surface area (Å²) in [5.41, 5.74) is 29.7. The van der Waals surface area contributed by atoms with Crippen molar-refractivity contribution >= 4 is 80.7 Å². The van der Waals surface area contributed by atoms with Crippen LogP contribution in [0.4, 0.5) is 5.82 Å². The molecule has 10 rings (SSSR count). The van der Waals surface area contributed by atoms with Crippen LogP contribution in [0.5, 0.6) is 0 Å². The summed E-state index contributed by atoms with van der Waals surface area (Å²) in [6, 6.07) is 9.91. The molecule has 10 heterocycles. The fourth-order valence-electron chi connectivity index (χ4n) is 9.99. The molecule has 0 aliphatic carbocycles. The number of pyridine rings is 5. The number of hydrogen-bond acceptors (Lipinski definition) is 14. The predicted octanol–water partition coefficient (Wildman–Crippen LogP) is 12.5. The van der Waals surface area contributed by atoms with Gasteiger partial charge in [0, 0.05) is 67.7 Å². The number of nitrogens with zero attached hydrogens (tertiary/aromatic N) is 16. The van der Waals surface area contributed by atoms with Crippen LogP contribution in [0.2, 0.25) is 31.2 Å². The number of nitrogens with two attached hydrogens (primary N) is 2. The molecule has 0 amide bonds. The molecule has 0 unspecified atom stereocenters. The molecular weight excluding hydrogens is 1080 g/mol. The second kappa shape index (κ2) is 27.3. The largest absolute Gasteiger partial charge is 0.618 e. The Morgan fingerprint density at radius 1 is 0.578 bits per heavy atom. The third-order valence-electron chi connectivity index (χ3n) is 13.6. The number of anilines is 1. The summed E-state index contributed by atoms with van der Waals surface area (Å²) in [5.74, 6) is 8.09. The average Bonchev–Trinajstić information content (AvgIpc) is 3.45. The monoisotopic (exact) mass is 1170 g/mol. The molecule has 0 bridgehead atoms. The van der Waals surface area contributed by atoms with E-state index in [0.717, 1.165) is 105 Å². The van der Waals surface area contributed by atoms with Gasteiger partial charge in [-0.25, -0.2) is 20.8 Å². The Morgan fingerprint density at radius 3 is 1.41 bits per heavy atom. The first kappa shape index (κ1) is 66.4. The van der Waals surface area contributed by atoms with E-state index >= 15 is 0 Å². The number of nitrogens with one attached hydrogen (secondary N) is 1. The van der Waals surface area contributed by atoms with Crippen molar-refractivity contribution in [2.75, 3.05) is 5.43 Å². The summed E-state index contributed by atoms with van der Waals surface area (Å²) in [4.78, 5) is 17.6. The van der Waals surface area contributed by atoms with Gasteiger partial charge >= 0.3 is 0 Å². The Balaban J connectivity index is 0.000000186. The molecule has 10 aromatic heterocycles. The number of aromatic nitrogens is 15. The van der Waals surface area contributed by atoms with Gasteiger partial charge in [-0.05, 0) is 105 Å². The van der Waals surface area contributed by atoms with Gasteiger partial charge in [-0.3, -0.25) is 28.4 Å². The van der Waals surface area contributed by atoms with Gasteiger partial charge in [0.2, 0.25) is 0 Å². The average molecular weight is 1170 g/mol. The third kappa shape index (κ3) is 15.3. The van der Waals surface area contributed by atoms with Gasteiger partial charge in [-0.15, -0.1) is 0 Å². The highest BCUT2D eigenvalue weighted by molar-refractivity contribution is 6.74. The lowest BCUT2D eigenvalue weighted by Crippen LogP contribution is -2.27. The maximum Gasteiger partial charge on any atom is 0.265 e. The highest BCUT2D eigenvalue weighted by atomic mass is 35.5. The van der Waals surface area contributed by atoms with Crippen LogP contribution in [0, 0.1) is 51.2 Å². The molecule has 83 heavy (non-hydrogen) atoms. The Morgan fingerprint density at radius 2 is 0.976 bits per heavy atom. The summed E-state index contributed by atoms with van der Waals surface area (Å²) in [7, 11) is 9.01. The zero-order valence-electron chi connectivity index (χ0n) is 53.7. The van der Waals surface area contributed by atoms with Crippen molar-refractivity contribution in [2.24, 2.45) is 46.8 Å². The molecule has 22 heteroatoms. The lowest BCUT2D eigenvalue weighted by atomic mass is 10.0. The number of aryl methyl sites for hydroxylation is 10. The summed E-state index contributed by atoms with van der Waals surface area (Å²) in [6.45, 7) is 40.8. The van der Waals surface area contributed by atoms with Crippen molar-refractivity contribution < 1.29 is 4.73 Å². The topological polar surface area (TPSA) is 255 Å². The van der Waals surface area contributed by atoms with Crippen molar-refractivity contribution in [1.82, 2.24) is 68.8 Å². The fourth-order valence-corrected chi connectivity index (χ4v) is 10.3. The molecule has 0 aliphatic rings. The minimum atomic E-state index is -0.611. The van der Waals surface area contributed by atoms with E-state index in [9.17, 15) is 5.21 Å². The van der Waals surface area contributed by atoms with Gasteiger partial charge in [0.25, 0.3) is 5.52 Å². The lowest BCUT2D eigenvalue weighted by Gasteiger charge is -2.10. The van der Waals surface area contributed by atoms with Crippen LogP contribution < -0.4 is 21.7 Å². The fraction of sp³-hybridized carbons (Fsp3) is 0.492. The zero-order chi connectivity index (χ0) is 62.4. The second-order valence-corrected chi connectivity index (χ2v) is 30.7. The summed E-state index contributed by atoms with van der Waals surface area (Å²) in [6.07, 6.45) is 3.28. The van der Waals surface area contributed by atoms with Crippen LogP contribution in [0.15, 0.2) is 36.7 Å². The van der Waals surface area contributed by atoms with E-state index in [-0.39, 0.29) is 0 Å². The summed E-state index contributed by atoms with van der Waals surface area (Å²) >= 11 is 6.18. The van der Waals surface area contributed by atoms with Crippen LogP contribution in [-0.4, -0.2) is 76.9 Å². The standard InChI is InChI=1S/C12H18N4.C12H14N4.C11H14ClN3.C11H17N5.C11H15N3O.C4H12Si/c2*1-7(2)10-5-9(6-13)14-11-8(3)15-16(4)12(10)11;1-6(2)9-8(12)5-13-10-7(3)14-15(4)11(9)10;1-6(2)8-5-9(14-12)13-10-7(3)15-16(4)11(8)10;1-7(2)9-5-6-14(15)10-8(3)12-13(4)11(9)10;1-5(2,3)4/h5,7H,6,13H2,1-4H3;5,7H,1-4H3;5-6H,1-4H3;5-6H,12H2,1-4H3,(H,13,14);5-7H,1-4H3;1-4H3. The van der Waals surface area contributed by atoms with E-state index in [1.807, 2.05) is 107 Å². The Hall–Kier alpha value is -7.38. The molecule has 0 radical (unpaired) electrons. The Labute approximate surface area is 496 Å². The van der Waals surface area contributed by atoms with Crippen LogP contribution >= 0.6 is 11.6 Å². The van der Waals surface area contributed by atoms with Crippen LogP contribution in [0.1, 0.15) is 167 Å². The van der Waals surface area contributed by atoms with Crippen LogP contribution in [-0.2, 0) is 41.8 Å². The number of halogens is 1. The molecule has 446 valence electrons. The lowest BCUT2D eigenvalue weighted by molar-refractivity contribution is -0.577. The molecule has 5 N–H and O–H groups in total.